The monoisotopic (exact) mass is 835 g/mol. The van der Waals surface area contributed by atoms with Gasteiger partial charge in [-0.05, 0) is 59.2 Å². The number of fused-ring (bicyclic) bond motifs is 1. The molecule has 0 saturated heterocycles. The van der Waals surface area contributed by atoms with Gasteiger partial charge in [-0.3, -0.25) is 9.69 Å². The summed E-state index contributed by atoms with van der Waals surface area (Å²) in [6.07, 6.45) is 1.76. The molecule has 2 aromatic heterocycles. The van der Waals surface area contributed by atoms with Crippen LogP contribution in [0.25, 0.3) is 34.0 Å². The number of pyridine rings is 1. The molecule has 2 heterocycles. The van der Waals surface area contributed by atoms with Crippen LogP contribution >= 0.6 is 0 Å². The molecule has 0 N–H and O–H groups in total. The Kier molecular flexibility index (Phi) is 9.19. The molecule has 0 spiro atoms. The number of rotatable bonds is 7. The molecule has 6 aromatic rings. The fourth-order valence-electron chi connectivity index (χ4n) is 7.03. The Morgan fingerprint density at radius 3 is 1.74 bits per heavy atom. The molecule has 50 heavy (non-hydrogen) atoms. The van der Waals surface area contributed by atoms with E-state index in [-0.39, 0.29) is 42.1 Å². The van der Waals surface area contributed by atoms with Crippen molar-refractivity contribution in [1.29, 1.82) is 0 Å². The summed E-state index contributed by atoms with van der Waals surface area (Å²) in [4.78, 5) is 35.2. The van der Waals surface area contributed by atoms with Crippen molar-refractivity contribution in [2.45, 2.75) is 59.3 Å². The van der Waals surface area contributed by atoms with Crippen LogP contribution in [0.2, 0.25) is 0 Å². The summed E-state index contributed by atoms with van der Waals surface area (Å²) < 4.78 is 0. The van der Waals surface area contributed by atoms with Gasteiger partial charge < -0.3 is 4.98 Å². The van der Waals surface area contributed by atoms with Crippen LogP contribution in [-0.2, 0) is 30.9 Å². The van der Waals surface area contributed by atoms with E-state index >= 15 is 0 Å². The van der Waals surface area contributed by atoms with Crippen molar-refractivity contribution in [3.63, 3.8) is 0 Å². The number of hydrogen-bond acceptors (Lipinski definition) is 6. The molecule has 4 aromatic carbocycles. The Morgan fingerprint density at radius 1 is 0.660 bits per heavy atom. The predicted octanol–water partition coefficient (Wildman–Crippen LogP) is 10.3. The van der Waals surface area contributed by atoms with Gasteiger partial charge in [0.2, 0.25) is 5.95 Å². The summed E-state index contributed by atoms with van der Waals surface area (Å²) in [7, 11) is 0. The average molecular weight is 835 g/mol. The molecule has 1 aliphatic rings. The molecule has 7 heteroatoms. The quantitative estimate of drug-likeness (QED) is 0.118. The number of anilines is 3. The number of ketones is 1. The van der Waals surface area contributed by atoms with Crippen LogP contribution in [0.3, 0.4) is 0 Å². The van der Waals surface area contributed by atoms with Crippen molar-refractivity contribution < 1.29 is 24.9 Å². The van der Waals surface area contributed by atoms with E-state index in [0.29, 0.717) is 34.4 Å². The van der Waals surface area contributed by atoms with Crippen molar-refractivity contribution in [2.75, 3.05) is 4.90 Å². The maximum atomic E-state index is 13.3. The Labute approximate surface area is 308 Å². The molecule has 7 rings (SSSR count). The van der Waals surface area contributed by atoms with Gasteiger partial charge in [0.1, 0.15) is 0 Å². The Hall–Kier alpha value is -4.84. The van der Waals surface area contributed by atoms with E-state index < -0.39 is 0 Å². The molecule has 0 saturated carbocycles. The molecule has 0 unspecified atom stereocenters. The third-order valence-electron chi connectivity index (χ3n) is 11.1. The van der Waals surface area contributed by atoms with E-state index in [9.17, 15) is 4.79 Å². The first-order valence-corrected chi connectivity index (χ1v) is 16.7. The maximum Gasteiger partial charge on any atom is 0.238 e. The van der Waals surface area contributed by atoms with Crippen molar-refractivity contribution in [2.24, 2.45) is 5.41 Å². The predicted molar refractivity (Wildman–Crippen MR) is 197 cm³/mol. The largest absolute Gasteiger partial charge is 0.303 e. The zero-order valence-electron chi connectivity index (χ0n) is 29.4. The molecule has 0 fully saturated rings. The Bertz CT molecular complexity index is 2140. The van der Waals surface area contributed by atoms with Crippen molar-refractivity contribution in [3.05, 3.63) is 138 Å². The van der Waals surface area contributed by atoms with Crippen molar-refractivity contribution >= 4 is 23.1 Å². The molecule has 0 amide bonds. The summed E-state index contributed by atoms with van der Waals surface area (Å²) in [5, 5.41) is 0. The third kappa shape index (κ3) is 5.78. The first-order chi connectivity index (χ1) is 23.4. The summed E-state index contributed by atoms with van der Waals surface area (Å²) >= 11 is 0. The van der Waals surface area contributed by atoms with Crippen LogP contribution in [0.1, 0.15) is 70.0 Å². The molecule has 1 radical (unpaired) electrons. The van der Waals surface area contributed by atoms with Gasteiger partial charge in [-0.25, -0.2) is 4.98 Å². The summed E-state index contributed by atoms with van der Waals surface area (Å²) in [6, 6.07) is 39.5. The van der Waals surface area contributed by atoms with Gasteiger partial charge in [0, 0.05) is 54.4 Å². The number of aromatic nitrogens is 4. The molecule has 0 atom stereocenters. The second kappa shape index (κ2) is 13.1. The van der Waals surface area contributed by atoms with Crippen LogP contribution in [0, 0.1) is 11.5 Å². The summed E-state index contributed by atoms with van der Waals surface area (Å²) in [5.41, 5.74) is 7.63. The molecule has 6 nitrogen and oxygen atoms in total. The zero-order valence-corrected chi connectivity index (χ0v) is 31.8. The second-order valence-electron chi connectivity index (χ2n) is 14.4. The number of carbonyl (C=O) groups is 1. The van der Waals surface area contributed by atoms with E-state index in [1.807, 2.05) is 102 Å². The van der Waals surface area contributed by atoms with Crippen LogP contribution < -0.4 is 4.90 Å². The summed E-state index contributed by atoms with van der Waals surface area (Å²) in [5.74, 6) is 1.30. The number of Topliss-reactive ketones (excluding diaryl/α,β-unsaturated/α-hetero) is 1. The molecule has 0 bridgehead atoms. The van der Waals surface area contributed by atoms with Crippen molar-refractivity contribution in [3.8, 4) is 34.0 Å². The van der Waals surface area contributed by atoms with Crippen LogP contribution in [-0.4, -0.2) is 25.7 Å². The third-order valence-corrected chi connectivity index (χ3v) is 11.1. The van der Waals surface area contributed by atoms with Gasteiger partial charge in [0.05, 0.1) is 0 Å². The fourth-order valence-corrected chi connectivity index (χ4v) is 7.03. The smallest absolute Gasteiger partial charge is 0.238 e. The minimum absolute atomic E-state index is 0. The zero-order chi connectivity index (χ0) is 34.6. The van der Waals surface area contributed by atoms with Crippen molar-refractivity contribution in [1.82, 2.24) is 19.9 Å². The number of para-hydroxylation sites is 2. The molecule has 0 aliphatic heterocycles. The molecule has 253 valence electrons. The first kappa shape index (κ1) is 35.0. The van der Waals surface area contributed by atoms with E-state index in [2.05, 4.69) is 59.7 Å². The number of carbonyl (C=O) groups excluding carboxylic acids is 1. The van der Waals surface area contributed by atoms with Crippen LogP contribution in [0.4, 0.5) is 17.3 Å². The number of hydrogen-bond donors (Lipinski definition) is 0. The van der Waals surface area contributed by atoms with E-state index in [0.717, 1.165) is 22.5 Å². The minimum atomic E-state index is -0.0927. The second-order valence-corrected chi connectivity index (χ2v) is 14.4. The number of benzene rings is 4. The molecular formula is C43H40IrN5O-. The SMILES string of the molecule is CC(=O)c1cc(-c2nc(-c3ccccc3)nc(N(c3ccccc3)c3ccccc3)n2)cnc1-c1[c-]cc2c(c1)C(C)(C)C(C)(C)C2(C)C.[Ir]. The molecule has 1 aliphatic carbocycles. The molecular weight excluding hydrogens is 795 g/mol. The first-order valence-electron chi connectivity index (χ1n) is 16.7. The minimum Gasteiger partial charge on any atom is -0.303 e. The van der Waals surface area contributed by atoms with Gasteiger partial charge in [-0.15, -0.1) is 34.9 Å². The van der Waals surface area contributed by atoms with E-state index in [1.54, 1.807) is 13.1 Å². The van der Waals surface area contributed by atoms with Crippen LogP contribution in [0.15, 0.2) is 115 Å². The Balaban J connectivity index is 0.00000432. The maximum absolute atomic E-state index is 13.3. The van der Waals surface area contributed by atoms with E-state index in [4.69, 9.17) is 19.9 Å². The Morgan fingerprint density at radius 2 is 1.18 bits per heavy atom. The summed E-state index contributed by atoms with van der Waals surface area (Å²) in [6.45, 7) is 15.5. The van der Waals surface area contributed by atoms with Gasteiger partial charge in [0.25, 0.3) is 0 Å². The van der Waals surface area contributed by atoms with Gasteiger partial charge in [0.15, 0.2) is 17.4 Å². The van der Waals surface area contributed by atoms with Crippen LogP contribution in [0.5, 0.6) is 0 Å². The number of nitrogens with zero attached hydrogens (tertiary/aromatic N) is 5. The topological polar surface area (TPSA) is 71.9 Å². The van der Waals surface area contributed by atoms with E-state index in [1.165, 1.54) is 11.1 Å². The normalized spacial score (nSPS) is 15.1. The van der Waals surface area contributed by atoms with Gasteiger partial charge >= 0.3 is 0 Å². The standard InChI is InChI=1S/C43H40N5O.Ir/c1-28(49)34-25-31(27-44-37(34)30-23-24-35-36(26-30)42(4,5)43(6,7)41(35,2)3)39-45-38(29-17-11-8-12-18-29)46-40(47-39)48(32-19-13-9-14-20-32)33-21-15-10-16-22-33;/h8-22,24-27H,1-7H3;/q-1;. The fraction of sp³-hybridized carbons (Fsp3) is 0.233. The van der Waals surface area contributed by atoms with Gasteiger partial charge in [-0.2, -0.15) is 9.97 Å². The average Bonchev–Trinajstić information content (AvgIpc) is 3.22. The van der Waals surface area contributed by atoms with Gasteiger partial charge in [-0.1, -0.05) is 108 Å².